The quantitative estimate of drug-likeness (QED) is 0.578. The van der Waals surface area contributed by atoms with E-state index in [1.165, 1.54) is 0 Å². The average Bonchev–Trinajstić information content (AvgIpc) is 2.54. The maximum absolute atomic E-state index is 10.0. The molecule has 110 valence electrons. The van der Waals surface area contributed by atoms with Gasteiger partial charge in [-0.3, -0.25) is 0 Å². The highest BCUT2D eigenvalue weighted by Gasteiger charge is 2.06. The number of hydrogen-bond acceptors (Lipinski definition) is 3. The van der Waals surface area contributed by atoms with Gasteiger partial charge in [0.05, 0.1) is 6.10 Å². The van der Waals surface area contributed by atoms with Gasteiger partial charge in [0.2, 0.25) is 0 Å². The van der Waals surface area contributed by atoms with Crippen LogP contribution < -0.4 is 10.1 Å². The summed E-state index contributed by atoms with van der Waals surface area (Å²) in [5.74, 6) is 0.800. The fourth-order valence-corrected chi connectivity index (χ4v) is 1.97. The van der Waals surface area contributed by atoms with E-state index >= 15 is 0 Å². The molecule has 3 nitrogen and oxygen atoms in total. The fourth-order valence-electron chi connectivity index (χ4n) is 1.97. The van der Waals surface area contributed by atoms with Crippen molar-refractivity contribution >= 4 is 0 Å². The summed E-state index contributed by atoms with van der Waals surface area (Å²) >= 11 is 0. The number of rotatable bonds is 8. The SMILES string of the molecule is C=CCNC[C@H](O)c1ccc(OCc2ccccc2)cc1. The van der Waals surface area contributed by atoms with E-state index in [1.807, 2.05) is 54.6 Å². The van der Waals surface area contributed by atoms with Crippen molar-refractivity contribution in [1.29, 1.82) is 0 Å². The zero-order chi connectivity index (χ0) is 14.9. The maximum atomic E-state index is 10.0. The van der Waals surface area contributed by atoms with E-state index in [0.717, 1.165) is 16.9 Å². The van der Waals surface area contributed by atoms with Crippen LogP contribution in [0, 0.1) is 0 Å². The summed E-state index contributed by atoms with van der Waals surface area (Å²) in [5.41, 5.74) is 2.01. The van der Waals surface area contributed by atoms with Crippen molar-refractivity contribution in [3.63, 3.8) is 0 Å². The summed E-state index contributed by atoms with van der Waals surface area (Å²) in [5, 5.41) is 13.1. The Morgan fingerprint density at radius 3 is 2.48 bits per heavy atom. The average molecular weight is 283 g/mol. The van der Waals surface area contributed by atoms with Crippen LogP contribution in [0.1, 0.15) is 17.2 Å². The van der Waals surface area contributed by atoms with E-state index in [1.54, 1.807) is 6.08 Å². The van der Waals surface area contributed by atoms with Gasteiger partial charge in [0.15, 0.2) is 0 Å². The summed E-state index contributed by atoms with van der Waals surface area (Å²) < 4.78 is 5.71. The molecule has 0 radical (unpaired) electrons. The van der Waals surface area contributed by atoms with Crippen LogP contribution in [-0.4, -0.2) is 18.2 Å². The van der Waals surface area contributed by atoms with E-state index in [-0.39, 0.29) is 0 Å². The molecule has 2 rings (SSSR count). The van der Waals surface area contributed by atoms with Crippen molar-refractivity contribution in [1.82, 2.24) is 5.32 Å². The summed E-state index contributed by atoms with van der Waals surface area (Å²) in [7, 11) is 0. The van der Waals surface area contributed by atoms with Crippen molar-refractivity contribution in [2.45, 2.75) is 12.7 Å². The van der Waals surface area contributed by atoms with Gasteiger partial charge in [-0.15, -0.1) is 6.58 Å². The molecule has 0 saturated carbocycles. The second-order valence-electron chi connectivity index (χ2n) is 4.81. The predicted octanol–water partition coefficient (Wildman–Crippen LogP) is 3.07. The maximum Gasteiger partial charge on any atom is 0.119 e. The lowest BCUT2D eigenvalue weighted by atomic mass is 10.1. The smallest absolute Gasteiger partial charge is 0.119 e. The van der Waals surface area contributed by atoms with Crippen LogP contribution in [0.2, 0.25) is 0 Å². The Hall–Kier alpha value is -2.10. The monoisotopic (exact) mass is 283 g/mol. The summed E-state index contributed by atoms with van der Waals surface area (Å²) in [6.07, 6.45) is 1.25. The Kier molecular flexibility index (Phi) is 6.00. The Morgan fingerprint density at radius 1 is 1.10 bits per heavy atom. The van der Waals surface area contributed by atoms with Crippen LogP contribution in [0.5, 0.6) is 5.75 Å². The van der Waals surface area contributed by atoms with Crippen LogP contribution in [0.25, 0.3) is 0 Å². The van der Waals surface area contributed by atoms with E-state index in [2.05, 4.69) is 11.9 Å². The molecule has 2 N–H and O–H groups in total. The second-order valence-corrected chi connectivity index (χ2v) is 4.81. The molecule has 0 saturated heterocycles. The third-order valence-electron chi connectivity index (χ3n) is 3.14. The molecule has 0 unspecified atom stereocenters. The van der Waals surface area contributed by atoms with Gasteiger partial charge in [0.1, 0.15) is 12.4 Å². The van der Waals surface area contributed by atoms with Gasteiger partial charge >= 0.3 is 0 Å². The lowest BCUT2D eigenvalue weighted by Crippen LogP contribution is -2.21. The molecule has 1 atom stereocenters. The fraction of sp³-hybridized carbons (Fsp3) is 0.222. The molecule has 3 heteroatoms. The third kappa shape index (κ3) is 5.06. The van der Waals surface area contributed by atoms with Crippen LogP contribution in [0.3, 0.4) is 0 Å². The second kappa shape index (κ2) is 8.25. The molecule has 0 aliphatic heterocycles. The number of aliphatic hydroxyl groups is 1. The first-order valence-corrected chi connectivity index (χ1v) is 7.06. The number of hydrogen-bond donors (Lipinski definition) is 2. The minimum atomic E-state index is -0.520. The van der Waals surface area contributed by atoms with Crippen molar-refractivity contribution in [3.05, 3.63) is 78.4 Å². The van der Waals surface area contributed by atoms with Crippen molar-refractivity contribution < 1.29 is 9.84 Å². The van der Waals surface area contributed by atoms with E-state index in [9.17, 15) is 5.11 Å². The van der Waals surface area contributed by atoms with Gasteiger partial charge in [-0.05, 0) is 23.3 Å². The normalized spacial score (nSPS) is 11.9. The number of nitrogens with one attached hydrogen (secondary N) is 1. The highest BCUT2D eigenvalue weighted by atomic mass is 16.5. The Bertz CT molecular complexity index is 537. The van der Waals surface area contributed by atoms with Crippen molar-refractivity contribution in [2.24, 2.45) is 0 Å². The molecular weight excluding hydrogens is 262 g/mol. The van der Waals surface area contributed by atoms with Gasteiger partial charge in [-0.2, -0.15) is 0 Å². The van der Waals surface area contributed by atoms with Crippen molar-refractivity contribution in [2.75, 3.05) is 13.1 Å². The van der Waals surface area contributed by atoms with Crippen LogP contribution in [0.15, 0.2) is 67.3 Å². The molecule has 2 aromatic rings. The predicted molar refractivity (Wildman–Crippen MR) is 85.2 cm³/mol. The first-order chi connectivity index (χ1) is 10.3. The molecule has 0 heterocycles. The molecule has 21 heavy (non-hydrogen) atoms. The highest BCUT2D eigenvalue weighted by Crippen LogP contribution is 2.18. The highest BCUT2D eigenvalue weighted by molar-refractivity contribution is 5.29. The number of ether oxygens (including phenoxy) is 1. The van der Waals surface area contributed by atoms with E-state index < -0.39 is 6.10 Å². The first kappa shape index (κ1) is 15.3. The molecular formula is C18H21NO2. The largest absolute Gasteiger partial charge is 0.489 e. The molecule has 0 spiro atoms. The van der Waals surface area contributed by atoms with Gasteiger partial charge in [-0.1, -0.05) is 48.5 Å². The minimum absolute atomic E-state index is 0.510. The summed E-state index contributed by atoms with van der Waals surface area (Å²) in [6.45, 7) is 5.37. The zero-order valence-corrected chi connectivity index (χ0v) is 12.0. The van der Waals surface area contributed by atoms with Crippen LogP contribution in [-0.2, 0) is 6.61 Å². The molecule has 0 aliphatic rings. The summed E-state index contributed by atoms with van der Waals surface area (Å²) in [6, 6.07) is 17.6. The van der Waals surface area contributed by atoms with Crippen LogP contribution in [0.4, 0.5) is 0 Å². The minimum Gasteiger partial charge on any atom is -0.489 e. The van der Waals surface area contributed by atoms with Gasteiger partial charge < -0.3 is 15.2 Å². The lowest BCUT2D eigenvalue weighted by molar-refractivity contribution is 0.176. The molecule has 0 aliphatic carbocycles. The number of benzene rings is 2. The first-order valence-electron chi connectivity index (χ1n) is 7.06. The lowest BCUT2D eigenvalue weighted by Gasteiger charge is -2.12. The molecule has 0 aromatic heterocycles. The topological polar surface area (TPSA) is 41.5 Å². The van der Waals surface area contributed by atoms with Gasteiger partial charge in [-0.25, -0.2) is 0 Å². The summed E-state index contributed by atoms with van der Waals surface area (Å²) in [4.78, 5) is 0. The standard InChI is InChI=1S/C18H21NO2/c1-2-12-19-13-18(20)16-8-10-17(11-9-16)21-14-15-6-4-3-5-7-15/h2-11,18-20H,1,12-14H2/t18-/m0/s1. The zero-order valence-electron chi connectivity index (χ0n) is 12.0. The molecule has 2 aromatic carbocycles. The Labute approximate surface area is 125 Å². The molecule has 0 amide bonds. The number of aliphatic hydroxyl groups excluding tert-OH is 1. The van der Waals surface area contributed by atoms with E-state index in [4.69, 9.17) is 4.74 Å². The van der Waals surface area contributed by atoms with Gasteiger partial charge in [0, 0.05) is 13.1 Å². The van der Waals surface area contributed by atoms with Crippen molar-refractivity contribution in [3.8, 4) is 5.75 Å². The molecule has 0 bridgehead atoms. The Morgan fingerprint density at radius 2 is 1.81 bits per heavy atom. The third-order valence-corrected chi connectivity index (χ3v) is 3.14. The molecule has 0 fully saturated rings. The van der Waals surface area contributed by atoms with Gasteiger partial charge in [0.25, 0.3) is 0 Å². The van der Waals surface area contributed by atoms with Crippen LogP contribution >= 0.6 is 0 Å². The van der Waals surface area contributed by atoms with E-state index in [0.29, 0.717) is 19.7 Å². The Balaban J connectivity index is 1.85.